The van der Waals surface area contributed by atoms with Gasteiger partial charge < -0.3 is 9.64 Å². The highest BCUT2D eigenvalue weighted by Gasteiger charge is 2.10. The molecular weight excluding hydrogens is 438 g/mol. The Morgan fingerprint density at radius 3 is 1.42 bits per heavy atom. The third-order valence-electron chi connectivity index (χ3n) is 7.61. The average Bonchev–Trinajstić information content (AvgIpc) is 2.89. The molecule has 0 aliphatic carbocycles. The van der Waals surface area contributed by atoms with Gasteiger partial charge in [-0.2, -0.15) is 0 Å². The summed E-state index contributed by atoms with van der Waals surface area (Å²) >= 11 is 0. The van der Waals surface area contributed by atoms with Crippen molar-refractivity contribution in [2.45, 2.75) is 163 Å². The van der Waals surface area contributed by atoms with E-state index in [1.54, 1.807) is 0 Å². The Morgan fingerprint density at radius 1 is 0.528 bits per heavy atom. The first-order chi connectivity index (χ1) is 17.7. The minimum absolute atomic E-state index is 0.855. The first-order valence-electron chi connectivity index (χ1n) is 16.2. The lowest BCUT2D eigenvalue weighted by molar-refractivity contribution is 0.302. The van der Waals surface area contributed by atoms with Crippen molar-refractivity contribution in [1.82, 2.24) is 0 Å². The molecule has 0 radical (unpaired) electrons. The topological polar surface area (TPSA) is 12.5 Å². The SMILES string of the molecule is CCCCCCCCCOc1cc(N(CCCCCCCCC)CCCCCCCCC)ccc1C. The molecule has 0 heterocycles. The summed E-state index contributed by atoms with van der Waals surface area (Å²) in [6, 6.07) is 6.94. The number of rotatable bonds is 26. The number of anilines is 1. The zero-order valence-corrected chi connectivity index (χ0v) is 25.1. The lowest BCUT2D eigenvalue weighted by atomic mass is 10.1. The molecule has 0 saturated heterocycles. The second-order valence-corrected chi connectivity index (χ2v) is 11.1. The van der Waals surface area contributed by atoms with Crippen molar-refractivity contribution in [2.24, 2.45) is 0 Å². The Bertz CT molecular complexity index is 581. The van der Waals surface area contributed by atoms with Gasteiger partial charge in [-0.3, -0.25) is 0 Å². The summed E-state index contributed by atoms with van der Waals surface area (Å²) < 4.78 is 6.29. The summed E-state index contributed by atoms with van der Waals surface area (Å²) in [5.41, 5.74) is 2.64. The van der Waals surface area contributed by atoms with Crippen LogP contribution in [-0.4, -0.2) is 19.7 Å². The van der Waals surface area contributed by atoms with Crippen LogP contribution in [0.4, 0.5) is 5.69 Å². The second kappa shape index (κ2) is 24.2. The highest BCUT2D eigenvalue weighted by atomic mass is 16.5. The predicted molar refractivity (Wildman–Crippen MR) is 163 cm³/mol. The number of hydrogen-bond acceptors (Lipinski definition) is 2. The summed E-state index contributed by atoms with van der Waals surface area (Å²) in [5.74, 6) is 1.10. The van der Waals surface area contributed by atoms with Gasteiger partial charge in [-0.1, -0.05) is 142 Å². The van der Waals surface area contributed by atoms with Crippen molar-refractivity contribution in [3.63, 3.8) is 0 Å². The molecule has 0 N–H and O–H groups in total. The highest BCUT2D eigenvalue weighted by Crippen LogP contribution is 2.27. The van der Waals surface area contributed by atoms with Crippen molar-refractivity contribution >= 4 is 5.69 Å². The maximum absolute atomic E-state index is 6.29. The molecule has 0 saturated carbocycles. The van der Waals surface area contributed by atoms with Crippen molar-refractivity contribution in [1.29, 1.82) is 0 Å². The number of aryl methyl sites for hydroxylation is 1. The Hall–Kier alpha value is -1.18. The Kier molecular flexibility index (Phi) is 22.1. The van der Waals surface area contributed by atoms with E-state index < -0.39 is 0 Å². The van der Waals surface area contributed by atoms with Crippen LogP contribution in [0.15, 0.2) is 18.2 Å². The van der Waals surface area contributed by atoms with Crippen LogP contribution in [0.5, 0.6) is 5.75 Å². The fraction of sp³-hybridized carbons (Fsp3) is 0.824. The molecule has 1 aromatic rings. The first kappa shape index (κ1) is 32.8. The van der Waals surface area contributed by atoms with Gasteiger partial charge in [-0.25, -0.2) is 0 Å². The van der Waals surface area contributed by atoms with Crippen LogP contribution in [0.1, 0.15) is 161 Å². The van der Waals surface area contributed by atoms with E-state index in [2.05, 4.69) is 50.8 Å². The van der Waals surface area contributed by atoms with Crippen molar-refractivity contribution in [3.05, 3.63) is 23.8 Å². The van der Waals surface area contributed by atoms with E-state index in [9.17, 15) is 0 Å². The summed E-state index contributed by atoms with van der Waals surface area (Å²) in [5, 5.41) is 0. The van der Waals surface area contributed by atoms with Gasteiger partial charge >= 0.3 is 0 Å². The number of hydrogen-bond donors (Lipinski definition) is 0. The van der Waals surface area contributed by atoms with E-state index >= 15 is 0 Å². The first-order valence-corrected chi connectivity index (χ1v) is 16.2. The van der Waals surface area contributed by atoms with E-state index in [-0.39, 0.29) is 0 Å². The smallest absolute Gasteiger partial charge is 0.124 e. The zero-order chi connectivity index (χ0) is 26.1. The molecule has 0 unspecified atom stereocenters. The molecule has 0 amide bonds. The van der Waals surface area contributed by atoms with Crippen LogP contribution in [0, 0.1) is 6.92 Å². The molecule has 1 aromatic carbocycles. The van der Waals surface area contributed by atoms with Crippen LogP contribution in [0.2, 0.25) is 0 Å². The molecule has 0 aromatic heterocycles. The van der Waals surface area contributed by atoms with Gasteiger partial charge in [0.25, 0.3) is 0 Å². The van der Waals surface area contributed by atoms with Crippen molar-refractivity contribution in [3.8, 4) is 5.75 Å². The van der Waals surface area contributed by atoms with Gasteiger partial charge in [0.2, 0.25) is 0 Å². The summed E-state index contributed by atoms with van der Waals surface area (Å²) in [6.45, 7) is 12.3. The highest BCUT2D eigenvalue weighted by molar-refractivity contribution is 5.53. The Balaban J connectivity index is 2.53. The van der Waals surface area contributed by atoms with E-state index in [0.29, 0.717) is 0 Å². The van der Waals surface area contributed by atoms with Crippen LogP contribution in [0.3, 0.4) is 0 Å². The van der Waals surface area contributed by atoms with Gasteiger partial charge in [0.05, 0.1) is 6.61 Å². The van der Waals surface area contributed by atoms with E-state index in [1.165, 1.54) is 159 Å². The lowest BCUT2D eigenvalue weighted by Crippen LogP contribution is -2.25. The van der Waals surface area contributed by atoms with Gasteiger partial charge in [-0.05, 0) is 37.8 Å². The molecule has 0 spiro atoms. The average molecular weight is 502 g/mol. The summed E-state index contributed by atoms with van der Waals surface area (Å²) in [4.78, 5) is 2.65. The van der Waals surface area contributed by atoms with Crippen LogP contribution >= 0.6 is 0 Å². The minimum Gasteiger partial charge on any atom is -0.493 e. The molecule has 2 nitrogen and oxygen atoms in total. The number of nitrogens with zero attached hydrogens (tertiary/aromatic N) is 1. The quantitative estimate of drug-likeness (QED) is 0.117. The Labute approximate surface area is 227 Å². The standard InChI is InChI=1S/C34H63NO/c1-5-8-11-14-17-20-23-28-35(29-24-21-18-15-12-9-6-2)33-27-26-32(4)34(31-33)36-30-25-22-19-16-13-10-7-3/h26-27,31H,5-25,28-30H2,1-4H3. The fourth-order valence-electron chi connectivity index (χ4n) is 5.07. The molecular formula is C34H63NO. The van der Waals surface area contributed by atoms with Crippen molar-refractivity contribution in [2.75, 3.05) is 24.6 Å². The Morgan fingerprint density at radius 2 is 0.944 bits per heavy atom. The molecule has 210 valence electrons. The maximum Gasteiger partial charge on any atom is 0.124 e. The van der Waals surface area contributed by atoms with Gasteiger partial charge in [0.1, 0.15) is 5.75 Å². The predicted octanol–water partition coefficient (Wildman–Crippen LogP) is 11.4. The fourth-order valence-corrected chi connectivity index (χ4v) is 5.07. The molecule has 0 atom stereocenters. The monoisotopic (exact) mass is 501 g/mol. The normalized spacial score (nSPS) is 11.2. The number of ether oxygens (including phenoxy) is 1. The van der Waals surface area contributed by atoms with Gasteiger partial charge in [-0.15, -0.1) is 0 Å². The summed E-state index contributed by atoms with van der Waals surface area (Å²) in [6.07, 6.45) is 28.6. The van der Waals surface area contributed by atoms with Crippen LogP contribution < -0.4 is 9.64 Å². The second-order valence-electron chi connectivity index (χ2n) is 11.1. The molecule has 36 heavy (non-hydrogen) atoms. The molecule has 0 aliphatic rings. The van der Waals surface area contributed by atoms with E-state index in [1.807, 2.05) is 0 Å². The van der Waals surface area contributed by atoms with E-state index in [0.717, 1.165) is 12.4 Å². The maximum atomic E-state index is 6.29. The summed E-state index contributed by atoms with van der Waals surface area (Å²) in [7, 11) is 0. The largest absolute Gasteiger partial charge is 0.493 e. The zero-order valence-electron chi connectivity index (χ0n) is 25.1. The molecule has 1 rings (SSSR count). The van der Waals surface area contributed by atoms with Gasteiger partial charge in [0.15, 0.2) is 0 Å². The molecule has 0 bridgehead atoms. The molecule has 0 aliphatic heterocycles. The third-order valence-corrected chi connectivity index (χ3v) is 7.61. The molecule has 2 heteroatoms. The van der Waals surface area contributed by atoms with Crippen LogP contribution in [-0.2, 0) is 0 Å². The third kappa shape index (κ3) is 17.3. The minimum atomic E-state index is 0.855. The molecule has 0 fully saturated rings. The van der Waals surface area contributed by atoms with Crippen LogP contribution in [0.25, 0.3) is 0 Å². The van der Waals surface area contributed by atoms with Crippen molar-refractivity contribution < 1.29 is 4.74 Å². The number of unbranched alkanes of at least 4 members (excludes halogenated alkanes) is 18. The van der Waals surface area contributed by atoms with Gasteiger partial charge in [0, 0.05) is 24.8 Å². The van der Waals surface area contributed by atoms with E-state index in [4.69, 9.17) is 4.74 Å². The lowest BCUT2D eigenvalue weighted by Gasteiger charge is -2.26. The number of benzene rings is 1.